The van der Waals surface area contributed by atoms with Crippen LogP contribution in [-0.2, 0) is 15.1 Å². The van der Waals surface area contributed by atoms with Crippen molar-refractivity contribution in [2.45, 2.75) is 17.8 Å². The summed E-state index contributed by atoms with van der Waals surface area (Å²) in [5, 5.41) is 10.4. The number of hydrogen-bond donors (Lipinski definition) is 1. The van der Waals surface area contributed by atoms with Crippen LogP contribution in [0.3, 0.4) is 0 Å². The molecule has 0 aromatic heterocycles. The smallest absolute Gasteiger partial charge is 0.344 e. The molecule has 16 heavy (non-hydrogen) atoms. The summed E-state index contributed by atoms with van der Waals surface area (Å²) in [5.74, 6) is 0.179. The quantitative estimate of drug-likeness (QED) is 0.754. The summed E-state index contributed by atoms with van der Waals surface area (Å²) in [6.07, 6.45) is 0. The van der Waals surface area contributed by atoms with Crippen molar-refractivity contribution in [3.05, 3.63) is 35.9 Å². The van der Waals surface area contributed by atoms with Crippen molar-refractivity contribution in [2.24, 2.45) is 0 Å². The number of rotatable bonds is 1. The predicted molar refractivity (Wildman–Crippen MR) is 63.2 cm³/mol. The number of thioether (sulfide) groups is 1. The summed E-state index contributed by atoms with van der Waals surface area (Å²) in [7, 11) is 0. The molecule has 1 aromatic carbocycles. The topological polar surface area (TPSA) is 46.5 Å². The second kappa shape index (κ2) is 4.47. The molecular weight excluding hydrogens is 224 g/mol. The van der Waals surface area contributed by atoms with Crippen molar-refractivity contribution in [3.63, 3.8) is 0 Å². The minimum Gasteiger partial charge on any atom is -0.462 e. The predicted octanol–water partition coefficient (Wildman–Crippen LogP) is 1.55. The van der Waals surface area contributed by atoms with Crippen molar-refractivity contribution in [2.75, 3.05) is 12.4 Å². The molecule has 0 amide bonds. The number of ether oxygens (including phenoxy) is 1. The highest BCUT2D eigenvalue weighted by Crippen LogP contribution is 2.35. The normalized spacial score (nSPS) is 30.6. The van der Waals surface area contributed by atoms with Crippen LogP contribution in [-0.4, -0.2) is 28.7 Å². The van der Waals surface area contributed by atoms with Gasteiger partial charge in [0.05, 0.1) is 0 Å². The van der Waals surface area contributed by atoms with Crippen molar-refractivity contribution in [1.29, 1.82) is 0 Å². The van der Waals surface area contributed by atoms with Gasteiger partial charge in [0.2, 0.25) is 0 Å². The van der Waals surface area contributed by atoms with Crippen LogP contribution < -0.4 is 0 Å². The zero-order valence-corrected chi connectivity index (χ0v) is 9.87. The number of cyclic esters (lactones) is 1. The molecule has 1 N–H and O–H groups in total. The van der Waals surface area contributed by atoms with Gasteiger partial charge < -0.3 is 9.84 Å². The van der Waals surface area contributed by atoms with Crippen LogP contribution in [0.15, 0.2) is 30.3 Å². The highest BCUT2D eigenvalue weighted by atomic mass is 32.2. The lowest BCUT2D eigenvalue weighted by molar-refractivity contribution is -0.165. The van der Waals surface area contributed by atoms with Crippen LogP contribution in [0, 0.1) is 0 Å². The molecular formula is C12H14O3S. The molecule has 3 nitrogen and oxygen atoms in total. The molecule has 0 aliphatic carbocycles. The zero-order chi connectivity index (χ0) is 11.6. The van der Waals surface area contributed by atoms with Gasteiger partial charge in [-0.2, -0.15) is 11.8 Å². The molecule has 1 aromatic rings. The van der Waals surface area contributed by atoms with E-state index >= 15 is 0 Å². The van der Waals surface area contributed by atoms with Gasteiger partial charge in [-0.1, -0.05) is 30.3 Å². The Kier molecular flexibility index (Phi) is 3.21. The average molecular weight is 238 g/mol. The number of esters is 1. The lowest BCUT2D eigenvalue weighted by Crippen LogP contribution is -2.43. The maximum atomic E-state index is 11.9. The van der Waals surface area contributed by atoms with E-state index in [2.05, 4.69) is 0 Å². The summed E-state index contributed by atoms with van der Waals surface area (Å²) in [5.41, 5.74) is -0.926. The lowest BCUT2D eigenvalue weighted by atomic mass is 9.91. The fraction of sp³-hybridized carbons (Fsp3) is 0.417. The third-order valence-electron chi connectivity index (χ3n) is 2.80. The summed E-state index contributed by atoms with van der Waals surface area (Å²) in [4.78, 5) is 11.9. The molecule has 0 radical (unpaired) electrons. The van der Waals surface area contributed by atoms with Crippen molar-refractivity contribution in [3.8, 4) is 0 Å². The molecule has 1 saturated heterocycles. The largest absolute Gasteiger partial charge is 0.462 e. The van der Waals surface area contributed by atoms with Crippen LogP contribution in [0.25, 0.3) is 0 Å². The molecule has 0 unspecified atom stereocenters. The minimum atomic E-state index is -1.53. The Morgan fingerprint density at radius 1 is 1.44 bits per heavy atom. The maximum Gasteiger partial charge on any atom is 0.344 e. The highest BCUT2D eigenvalue weighted by molar-refractivity contribution is 8.00. The molecule has 1 heterocycles. The van der Waals surface area contributed by atoms with Gasteiger partial charge in [-0.15, -0.1) is 0 Å². The van der Waals surface area contributed by atoms with Crippen LogP contribution in [0.2, 0.25) is 0 Å². The van der Waals surface area contributed by atoms with Gasteiger partial charge >= 0.3 is 5.97 Å². The maximum absolute atomic E-state index is 11.9. The number of aliphatic hydroxyl groups is 1. The third kappa shape index (κ3) is 1.83. The fourth-order valence-electron chi connectivity index (χ4n) is 1.80. The Bertz CT molecular complexity index is 379. The first-order chi connectivity index (χ1) is 7.65. The average Bonchev–Trinajstić information content (AvgIpc) is 2.45. The first-order valence-electron chi connectivity index (χ1n) is 5.22. The van der Waals surface area contributed by atoms with E-state index in [1.807, 2.05) is 25.1 Å². The van der Waals surface area contributed by atoms with Crippen LogP contribution in [0.4, 0.5) is 0 Å². The van der Waals surface area contributed by atoms with Crippen molar-refractivity contribution < 1.29 is 14.6 Å². The molecule has 1 aliphatic heterocycles. The number of hydrogen-bond acceptors (Lipinski definition) is 4. The van der Waals surface area contributed by atoms with E-state index in [1.54, 1.807) is 23.9 Å². The summed E-state index contributed by atoms with van der Waals surface area (Å²) < 4.78 is 5.03. The van der Waals surface area contributed by atoms with E-state index in [4.69, 9.17) is 4.74 Å². The fourth-order valence-corrected chi connectivity index (χ4v) is 2.81. The molecule has 0 saturated carbocycles. The molecule has 0 spiro atoms. The molecule has 2 rings (SSSR count). The number of carbonyl (C=O) groups excluding carboxylic acids is 1. The van der Waals surface area contributed by atoms with Gasteiger partial charge in [0.25, 0.3) is 0 Å². The first kappa shape index (κ1) is 11.5. The molecule has 1 fully saturated rings. The standard InChI is InChI=1S/C12H14O3S/c1-9-12(14,10-5-3-2-4-6-10)11(13)15-7-8-16-9/h2-6,9,14H,7-8H2,1H3/t9-,12+/m0/s1. The van der Waals surface area contributed by atoms with Gasteiger partial charge in [-0.25, -0.2) is 4.79 Å². The zero-order valence-electron chi connectivity index (χ0n) is 9.05. The van der Waals surface area contributed by atoms with Gasteiger partial charge in [0.15, 0.2) is 5.60 Å². The monoisotopic (exact) mass is 238 g/mol. The summed E-state index contributed by atoms with van der Waals surface area (Å²) in [6.45, 7) is 2.22. The Morgan fingerprint density at radius 3 is 2.81 bits per heavy atom. The van der Waals surface area contributed by atoms with Gasteiger partial charge in [-0.3, -0.25) is 0 Å². The summed E-state index contributed by atoms with van der Waals surface area (Å²) >= 11 is 1.55. The van der Waals surface area contributed by atoms with Gasteiger partial charge in [0.1, 0.15) is 6.61 Å². The van der Waals surface area contributed by atoms with E-state index in [1.165, 1.54) is 0 Å². The SMILES string of the molecule is C[C@@H]1SCCOC(=O)[C@]1(O)c1ccccc1. The molecule has 2 atom stereocenters. The number of carbonyl (C=O) groups is 1. The molecule has 86 valence electrons. The van der Waals surface area contributed by atoms with E-state index in [0.717, 1.165) is 5.75 Å². The second-order valence-electron chi connectivity index (χ2n) is 3.78. The number of benzene rings is 1. The highest BCUT2D eigenvalue weighted by Gasteiger charge is 2.46. The Hall–Kier alpha value is -1.00. The lowest BCUT2D eigenvalue weighted by Gasteiger charge is -2.29. The van der Waals surface area contributed by atoms with Gasteiger partial charge in [0, 0.05) is 11.0 Å². The molecule has 0 bridgehead atoms. The van der Waals surface area contributed by atoms with Crippen molar-refractivity contribution in [1.82, 2.24) is 0 Å². The Morgan fingerprint density at radius 2 is 2.12 bits per heavy atom. The first-order valence-corrected chi connectivity index (χ1v) is 6.27. The van der Waals surface area contributed by atoms with E-state index in [9.17, 15) is 9.90 Å². The third-order valence-corrected chi connectivity index (χ3v) is 4.04. The van der Waals surface area contributed by atoms with Gasteiger partial charge in [-0.05, 0) is 12.5 Å². The molecule has 4 heteroatoms. The van der Waals surface area contributed by atoms with E-state index in [0.29, 0.717) is 12.2 Å². The van der Waals surface area contributed by atoms with Crippen molar-refractivity contribution >= 4 is 17.7 Å². The summed E-state index contributed by atoms with van der Waals surface area (Å²) in [6, 6.07) is 8.98. The van der Waals surface area contributed by atoms with E-state index < -0.39 is 11.6 Å². The Balaban J connectivity index is 2.43. The second-order valence-corrected chi connectivity index (χ2v) is 5.23. The van der Waals surface area contributed by atoms with E-state index in [-0.39, 0.29) is 5.25 Å². The molecule has 1 aliphatic rings. The Labute approximate surface area is 98.8 Å². The minimum absolute atomic E-state index is 0.204. The van der Waals surface area contributed by atoms with Crippen LogP contribution >= 0.6 is 11.8 Å². The van der Waals surface area contributed by atoms with Crippen LogP contribution in [0.1, 0.15) is 12.5 Å². The van der Waals surface area contributed by atoms with Crippen LogP contribution in [0.5, 0.6) is 0 Å².